The summed E-state index contributed by atoms with van der Waals surface area (Å²) in [5, 5.41) is 10.1. The van der Waals surface area contributed by atoms with Gasteiger partial charge in [-0.05, 0) is 43.7 Å². The standard InChI is InChI=1S/C17H28N2O/c1-4-17(20)15-8-16(18)11-19(10-15)9-14-6-5-12(2)7-13(14)3/h5-7,15-17,20H,4,8-11,18H2,1-3H3. The molecule has 0 aromatic heterocycles. The molecule has 0 amide bonds. The number of piperidine rings is 1. The summed E-state index contributed by atoms with van der Waals surface area (Å²) >= 11 is 0. The van der Waals surface area contributed by atoms with Gasteiger partial charge in [0.1, 0.15) is 0 Å². The highest BCUT2D eigenvalue weighted by Gasteiger charge is 2.29. The molecule has 1 aliphatic rings. The third-order valence-corrected chi connectivity index (χ3v) is 4.45. The van der Waals surface area contributed by atoms with Crippen LogP contribution in [0.3, 0.4) is 0 Å². The summed E-state index contributed by atoms with van der Waals surface area (Å²) in [5.41, 5.74) is 10.2. The van der Waals surface area contributed by atoms with Crippen LogP contribution in [-0.4, -0.2) is 35.2 Å². The maximum absolute atomic E-state index is 10.1. The Morgan fingerprint density at radius 2 is 2.10 bits per heavy atom. The van der Waals surface area contributed by atoms with Crippen molar-refractivity contribution >= 4 is 0 Å². The number of rotatable bonds is 4. The van der Waals surface area contributed by atoms with Gasteiger partial charge in [0.2, 0.25) is 0 Å². The first-order chi connectivity index (χ1) is 9.49. The van der Waals surface area contributed by atoms with E-state index < -0.39 is 0 Å². The lowest BCUT2D eigenvalue weighted by atomic mass is 9.88. The molecule has 0 bridgehead atoms. The Kier molecular flexibility index (Phi) is 5.19. The molecule has 3 atom stereocenters. The van der Waals surface area contributed by atoms with Crippen molar-refractivity contribution in [3.63, 3.8) is 0 Å². The van der Waals surface area contributed by atoms with E-state index >= 15 is 0 Å². The van der Waals surface area contributed by atoms with Crippen LogP contribution in [0.15, 0.2) is 18.2 Å². The molecule has 3 nitrogen and oxygen atoms in total. The zero-order valence-corrected chi connectivity index (χ0v) is 13.0. The molecular weight excluding hydrogens is 248 g/mol. The van der Waals surface area contributed by atoms with Gasteiger partial charge < -0.3 is 10.8 Å². The van der Waals surface area contributed by atoms with Crippen molar-refractivity contribution in [1.82, 2.24) is 4.90 Å². The molecule has 2 rings (SSSR count). The molecule has 3 unspecified atom stereocenters. The molecule has 0 aliphatic carbocycles. The van der Waals surface area contributed by atoms with Gasteiger partial charge in [-0.1, -0.05) is 30.7 Å². The van der Waals surface area contributed by atoms with Gasteiger partial charge in [0.05, 0.1) is 6.10 Å². The highest BCUT2D eigenvalue weighted by atomic mass is 16.3. The van der Waals surface area contributed by atoms with Crippen molar-refractivity contribution in [2.24, 2.45) is 11.7 Å². The molecule has 112 valence electrons. The van der Waals surface area contributed by atoms with Crippen LogP contribution in [0.5, 0.6) is 0 Å². The van der Waals surface area contributed by atoms with E-state index in [9.17, 15) is 5.11 Å². The number of aliphatic hydroxyl groups is 1. The first-order valence-electron chi connectivity index (χ1n) is 7.71. The minimum Gasteiger partial charge on any atom is -0.393 e. The monoisotopic (exact) mass is 276 g/mol. The van der Waals surface area contributed by atoms with Crippen LogP contribution < -0.4 is 5.73 Å². The smallest absolute Gasteiger partial charge is 0.0578 e. The predicted molar refractivity (Wildman–Crippen MR) is 83.6 cm³/mol. The fourth-order valence-corrected chi connectivity index (χ4v) is 3.28. The average molecular weight is 276 g/mol. The summed E-state index contributed by atoms with van der Waals surface area (Å²) in [6, 6.07) is 6.80. The number of nitrogens with two attached hydrogens (primary N) is 1. The molecular formula is C17H28N2O. The van der Waals surface area contributed by atoms with Gasteiger partial charge in [-0.2, -0.15) is 0 Å². The van der Waals surface area contributed by atoms with E-state index in [1.165, 1.54) is 16.7 Å². The van der Waals surface area contributed by atoms with E-state index in [-0.39, 0.29) is 12.1 Å². The van der Waals surface area contributed by atoms with Gasteiger partial charge in [-0.3, -0.25) is 4.90 Å². The molecule has 1 aliphatic heterocycles. The quantitative estimate of drug-likeness (QED) is 0.886. The second-order valence-corrected chi connectivity index (χ2v) is 6.36. The van der Waals surface area contributed by atoms with Crippen LogP contribution in [0.25, 0.3) is 0 Å². The van der Waals surface area contributed by atoms with Crippen molar-refractivity contribution in [3.05, 3.63) is 34.9 Å². The summed E-state index contributed by atoms with van der Waals surface area (Å²) in [5.74, 6) is 0.314. The van der Waals surface area contributed by atoms with Gasteiger partial charge in [-0.25, -0.2) is 0 Å². The van der Waals surface area contributed by atoms with Crippen molar-refractivity contribution in [2.75, 3.05) is 13.1 Å². The highest BCUT2D eigenvalue weighted by molar-refractivity contribution is 5.30. The fourth-order valence-electron chi connectivity index (χ4n) is 3.28. The molecule has 1 fully saturated rings. The molecule has 3 N–H and O–H groups in total. The second-order valence-electron chi connectivity index (χ2n) is 6.36. The summed E-state index contributed by atoms with van der Waals surface area (Å²) in [4.78, 5) is 2.40. The van der Waals surface area contributed by atoms with Crippen molar-refractivity contribution in [3.8, 4) is 0 Å². The zero-order chi connectivity index (χ0) is 14.7. The average Bonchev–Trinajstić information content (AvgIpc) is 2.40. The molecule has 3 heteroatoms. The largest absolute Gasteiger partial charge is 0.393 e. The lowest BCUT2D eigenvalue weighted by molar-refractivity contribution is 0.0387. The summed E-state index contributed by atoms with van der Waals surface area (Å²) in [7, 11) is 0. The van der Waals surface area contributed by atoms with Crippen molar-refractivity contribution < 1.29 is 5.11 Å². The van der Waals surface area contributed by atoms with Crippen LogP contribution in [0, 0.1) is 19.8 Å². The van der Waals surface area contributed by atoms with Gasteiger partial charge in [0.15, 0.2) is 0 Å². The topological polar surface area (TPSA) is 49.5 Å². The van der Waals surface area contributed by atoms with Crippen molar-refractivity contribution in [1.29, 1.82) is 0 Å². The SMILES string of the molecule is CCC(O)C1CC(N)CN(Cc2ccc(C)cc2C)C1. The van der Waals surface area contributed by atoms with Gasteiger partial charge in [0.25, 0.3) is 0 Å². The van der Waals surface area contributed by atoms with E-state index in [1.54, 1.807) is 0 Å². The number of aliphatic hydroxyl groups excluding tert-OH is 1. The lowest BCUT2D eigenvalue weighted by Gasteiger charge is -2.38. The van der Waals surface area contributed by atoms with Gasteiger partial charge in [-0.15, -0.1) is 0 Å². The van der Waals surface area contributed by atoms with Crippen molar-refractivity contribution in [2.45, 2.75) is 52.3 Å². The second kappa shape index (κ2) is 6.70. The third-order valence-electron chi connectivity index (χ3n) is 4.45. The lowest BCUT2D eigenvalue weighted by Crippen LogP contribution is -2.49. The number of nitrogens with zero attached hydrogens (tertiary/aromatic N) is 1. The number of hydrogen-bond donors (Lipinski definition) is 2. The Morgan fingerprint density at radius 3 is 2.75 bits per heavy atom. The predicted octanol–water partition coefficient (Wildman–Crippen LogP) is 2.22. The Hall–Kier alpha value is -0.900. The number of aryl methyl sites for hydroxylation is 2. The molecule has 1 aromatic carbocycles. The van der Waals surface area contributed by atoms with Crippen LogP contribution >= 0.6 is 0 Å². The van der Waals surface area contributed by atoms with Crippen LogP contribution in [-0.2, 0) is 6.54 Å². The van der Waals surface area contributed by atoms with Crippen LogP contribution in [0.2, 0.25) is 0 Å². The Bertz CT molecular complexity index is 447. The molecule has 0 radical (unpaired) electrons. The Morgan fingerprint density at radius 1 is 1.35 bits per heavy atom. The summed E-state index contributed by atoms with van der Waals surface area (Å²) in [6.45, 7) is 9.16. The molecule has 0 saturated carbocycles. The Labute approximate surface area is 122 Å². The molecule has 0 spiro atoms. The third kappa shape index (κ3) is 3.81. The first-order valence-corrected chi connectivity index (χ1v) is 7.71. The van der Waals surface area contributed by atoms with E-state index in [4.69, 9.17) is 5.73 Å². The van der Waals surface area contributed by atoms with E-state index in [2.05, 4.69) is 36.9 Å². The molecule has 1 aromatic rings. The minimum absolute atomic E-state index is 0.181. The molecule has 1 heterocycles. The van der Waals surface area contributed by atoms with Crippen LogP contribution in [0.4, 0.5) is 0 Å². The Balaban J connectivity index is 2.04. The number of likely N-dealkylation sites (tertiary alicyclic amines) is 1. The molecule has 20 heavy (non-hydrogen) atoms. The minimum atomic E-state index is -0.219. The number of hydrogen-bond acceptors (Lipinski definition) is 3. The first kappa shape index (κ1) is 15.5. The van der Waals surface area contributed by atoms with Gasteiger partial charge in [0, 0.05) is 25.7 Å². The fraction of sp³-hybridized carbons (Fsp3) is 0.647. The molecule has 1 saturated heterocycles. The maximum Gasteiger partial charge on any atom is 0.0578 e. The number of benzene rings is 1. The zero-order valence-electron chi connectivity index (χ0n) is 13.0. The summed E-state index contributed by atoms with van der Waals surface area (Å²) < 4.78 is 0. The van der Waals surface area contributed by atoms with Gasteiger partial charge >= 0.3 is 0 Å². The van der Waals surface area contributed by atoms with Crippen LogP contribution in [0.1, 0.15) is 36.5 Å². The normalized spacial score (nSPS) is 25.6. The van der Waals surface area contributed by atoms with E-state index in [0.717, 1.165) is 32.5 Å². The highest BCUT2D eigenvalue weighted by Crippen LogP contribution is 2.23. The maximum atomic E-state index is 10.1. The van der Waals surface area contributed by atoms with E-state index in [1.807, 2.05) is 6.92 Å². The van der Waals surface area contributed by atoms with E-state index in [0.29, 0.717) is 5.92 Å². The summed E-state index contributed by atoms with van der Waals surface area (Å²) in [6.07, 6.45) is 1.54.